The van der Waals surface area contributed by atoms with E-state index in [0.29, 0.717) is 13.0 Å². The average Bonchev–Trinajstić information content (AvgIpc) is 2.35. The van der Waals surface area contributed by atoms with Crippen LogP contribution >= 0.6 is 0 Å². The number of aliphatic carboxylic acids is 1. The van der Waals surface area contributed by atoms with Crippen molar-refractivity contribution < 1.29 is 14.7 Å². The van der Waals surface area contributed by atoms with Gasteiger partial charge in [0.15, 0.2) is 0 Å². The predicted octanol–water partition coefficient (Wildman–Crippen LogP) is 2.57. The Morgan fingerprint density at radius 2 is 1.89 bits per heavy atom. The zero-order chi connectivity index (χ0) is 13.4. The molecule has 104 valence electrons. The summed E-state index contributed by atoms with van der Waals surface area (Å²) >= 11 is 0. The fraction of sp³-hybridized carbons (Fsp3) is 0.857. The number of hydrogen-bond donors (Lipinski definition) is 2. The molecule has 0 aromatic rings. The number of rotatable bonds is 7. The van der Waals surface area contributed by atoms with Crippen LogP contribution in [0.25, 0.3) is 0 Å². The first kappa shape index (κ1) is 15.0. The molecule has 1 aliphatic rings. The summed E-state index contributed by atoms with van der Waals surface area (Å²) in [5, 5.41) is 11.3. The van der Waals surface area contributed by atoms with E-state index in [9.17, 15) is 9.59 Å². The molecule has 4 heteroatoms. The van der Waals surface area contributed by atoms with Crippen LogP contribution in [0.1, 0.15) is 58.3 Å². The first-order chi connectivity index (χ1) is 8.63. The zero-order valence-corrected chi connectivity index (χ0v) is 11.3. The molecule has 0 unspecified atom stereocenters. The molecular weight excluding hydrogens is 230 g/mol. The second-order valence-electron chi connectivity index (χ2n) is 5.29. The van der Waals surface area contributed by atoms with E-state index in [-0.39, 0.29) is 18.2 Å². The molecule has 1 amide bonds. The van der Waals surface area contributed by atoms with Gasteiger partial charge in [-0.3, -0.25) is 9.59 Å². The lowest BCUT2D eigenvalue weighted by molar-refractivity contribution is -0.137. The average molecular weight is 255 g/mol. The van der Waals surface area contributed by atoms with Crippen LogP contribution in [-0.4, -0.2) is 23.5 Å². The van der Waals surface area contributed by atoms with E-state index in [2.05, 4.69) is 12.2 Å². The lowest BCUT2D eigenvalue weighted by Crippen LogP contribution is -2.33. The van der Waals surface area contributed by atoms with E-state index in [0.717, 1.165) is 18.8 Å². The Morgan fingerprint density at radius 3 is 2.44 bits per heavy atom. The summed E-state index contributed by atoms with van der Waals surface area (Å²) in [4.78, 5) is 22.2. The van der Waals surface area contributed by atoms with Crippen molar-refractivity contribution in [1.29, 1.82) is 0 Å². The fourth-order valence-electron chi connectivity index (χ4n) is 2.72. The zero-order valence-electron chi connectivity index (χ0n) is 11.3. The van der Waals surface area contributed by atoms with Crippen molar-refractivity contribution in [2.45, 2.75) is 58.3 Å². The summed E-state index contributed by atoms with van der Waals surface area (Å²) in [7, 11) is 0. The monoisotopic (exact) mass is 255 g/mol. The van der Waals surface area contributed by atoms with Gasteiger partial charge in [0.25, 0.3) is 0 Å². The van der Waals surface area contributed by atoms with Crippen molar-refractivity contribution >= 4 is 11.9 Å². The highest BCUT2D eigenvalue weighted by atomic mass is 16.4. The van der Waals surface area contributed by atoms with E-state index in [1.54, 1.807) is 0 Å². The summed E-state index contributed by atoms with van der Waals surface area (Å²) in [6, 6.07) is 0. The Hall–Kier alpha value is -1.06. The molecule has 0 saturated heterocycles. The third-order valence-electron chi connectivity index (χ3n) is 3.78. The van der Waals surface area contributed by atoms with Crippen LogP contribution in [0, 0.1) is 11.8 Å². The molecule has 0 aliphatic heterocycles. The second kappa shape index (κ2) is 8.11. The Morgan fingerprint density at radius 1 is 1.22 bits per heavy atom. The van der Waals surface area contributed by atoms with Crippen LogP contribution in [0.2, 0.25) is 0 Å². The van der Waals surface area contributed by atoms with Crippen molar-refractivity contribution in [2.24, 2.45) is 11.8 Å². The summed E-state index contributed by atoms with van der Waals surface area (Å²) < 4.78 is 0. The molecule has 1 fully saturated rings. The third-order valence-corrected chi connectivity index (χ3v) is 3.78. The summed E-state index contributed by atoms with van der Waals surface area (Å²) in [6.07, 6.45) is 7.49. The largest absolute Gasteiger partial charge is 0.481 e. The third kappa shape index (κ3) is 5.52. The van der Waals surface area contributed by atoms with Gasteiger partial charge in [-0.15, -0.1) is 0 Å². The van der Waals surface area contributed by atoms with E-state index in [4.69, 9.17) is 5.11 Å². The van der Waals surface area contributed by atoms with E-state index >= 15 is 0 Å². The van der Waals surface area contributed by atoms with Gasteiger partial charge in [-0.2, -0.15) is 0 Å². The van der Waals surface area contributed by atoms with E-state index in [1.165, 1.54) is 25.7 Å². The van der Waals surface area contributed by atoms with E-state index < -0.39 is 5.97 Å². The van der Waals surface area contributed by atoms with Gasteiger partial charge in [0, 0.05) is 18.9 Å². The Kier molecular flexibility index (Phi) is 6.76. The number of carbonyl (C=O) groups excluding carboxylic acids is 1. The number of carboxylic acid groups (broad SMARTS) is 1. The summed E-state index contributed by atoms with van der Waals surface area (Å²) in [5.41, 5.74) is 0. The maximum Gasteiger partial charge on any atom is 0.303 e. The standard InChI is InChI=1S/C14H25NO3/c1-2-4-11-6-8-12(9-7-11)14(18)15-10-3-5-13(16)17/h11-12H,2-10H2,1H3,(H,15,18)(H,16,17)/t11-,12-. The molecule has 0 radical (unpaired) electrons. The van der Waals surface area contributed by atoms with Crippen LogP contribution in [0.15, 0.2) is 0 Å². The molecule has 0 heterocycles. The number of carbonyl (C=O) groups is 2. The summed E-state index contributed by atoms with van der Waals surface area (Å²) in [5.74, 6) is 0.286. The maximum absolute atomic E-state index is 11.8. The highest BCUT2D eigenvalue weighted by Crippen LogP contribution is 2.31. The molecular formula is C14H25NO3. The van der Waals surface area contributed by atoms with Crippen LogP contribution < -0.4 is 5.32 Å². The van der Waals surface area contributed by atoms with Crippen molar-refractivity contribution in [3.8, 4) is 0 Å². The maximum atomic E-state index is 11.8. The van der Waals surface area contributed by atoms with Crippen LogP contribution in [0.4, 0.5) is 0 Å². The normalized spacial score (nSPS) is 23.6. The first-order valence-corrected chi connectivity index (χ1v) is 7.13. The molecule has 0 bridgehead atoms. The smallest absolute Gasteiger partial charge is 0.303 e. The van der Waals surface area contributed by atoms with E-state index in [1.807, 2.05) is 0 Å². The van der Waals surface area contributed by atoms with Crippen molar-refractivity contribution in [3.05, 3.63) is 0 Å². The van der Waals surface area contributed by atoms with Gasteiger partial charge >= 0.3 is 5.97 Å². The Bertz CT molecular complexity index is 270. The molecule has 18 heavy (non-hydrogen) atoms. The van der Waals surface area contributed by atoms with Gasteiger partial charge in [0.05, 0.1) is 0 Å². The van der Waals surface area contributed by atoms with Gasteiger partial charge in [-0.05, 0) is 38.0 Å². The lowest BCUT2D eigenvalue weighted by Gasteiger charge is -2.27. The van der Waals surface area contributed by atoms with Gasteiger partial charge in [-0.1, -0.05) is 19.8 Å². The SMILES string of the molecule is CCC[C@H]1CC[C@H](C(=O)NCCCC(=O)O)CC1. The second-order valence-corrected chi connectivity index (χ2v) is 5.29. The van der Waals surface area contributed by atoms with Crippen molar-refractivity contribution in [1.82, 2.24) is 5.32 Å². The summed E-state index contributed by atoms with van der Waals surface area (Å²) in [6.45, 7) is 2.70. The minimum atomic E-state index is -0.802. The Balaban J connectivity index is 2.14. The highest BCUT2D eigenvalue weighted by molar-refractivity contribution is 5.78. The van der Waals surface area contributed by atoms with Gasteiger partial charge in [0.2, 0.25) is 5.91 Å². The topological polar surface area (TPSA) is 66.4 Å². The van der Waals surface area contributed by atoms with Crippen molar-refractivity contribution in [3.63, 3.8) is 0 Å². The number of carboxylic acids is 1. The molecule has 0 spiro atoms. The number of hydrogen-bond acceptors (Lipinski definition) is 2. The molecule has 0 atom stereocenters. The van der Waals surface area contributed by atoms with Crippen LogP contribution in [0.5, 0.6) is 0 Å². The highest BCUT2D eigenvalue weighted by Gasteiger charge is 2.25. The van der Waals surface area contributed by atoms with Crippen LogP contribution in [-0.2, 0) is 9.59 Å². The van der Waals surface area contributed by atoms with Crippen molar-refractivity contribution in [2.75, 3.05) is 6.54 Å². The predicted molar refractivity (Wildman–Crippen MR) is 70.2 cm³/mol. The Labute approximate surface area is 109 Å². The molecule has 2 N–H and O–H groups in total. The molecule has 0 aromatic heterocycles. The number of nitrogens with one attached hydrogen (secondary N) is 1. The number of amides is 1. The molecule has 1 rings (SSSR count). The van der Waals surface area contributed by atoms with Gasteiger partial charge in [0.1, 0.15) is 0 Å². The molecule has 4 nitrogen and oxygen atoms in total. The first-order valence-electron chi connectivity index (χ1n) is 7.13. The van der Waals surface area contributed by atoms with Gasteiger partial charge < -0.3 is 10.4 Å². The fourth-order valence-corrected chi connectivity index (χ4v) is 2.72. The molecule has 0 aromatic carbocycles. The molecule has 1 saturated carbocycles. The lowest BCUT2D eigenvalue weighted by atomic mass is 9.80. The van der Waals surface area contributed by atoms with Crippen LogP contribution in [0.3, 0.4) is 0 Å². The quantitative estimate of drug-likeness (QED) is 0.687. The molecule has 1 aliphatic carbocycles. The van der Waals surface area contributed by atoms with Gasteiger partial charge in [-0.25, -0.2) is 0 Å². The minimum absolute atomic E-state index is 0.121. The minimum Gasteiger partial charge on any atom is -0.481 e.